The lowest BCUT2D eigenvalue weighted by atomic mass is 10.2. The van der Waals surface area contributed by atoms with Crippen molar-refractivity contribution in [3.63, 3.8) is 0 Å². The van der Waals surface area contributed by atoms with Gasteiger partial charge in [-0.25, -0.2) is 0 Å². The lowest BCUT2D eigenvalue weighted by Crippen LogP contribution is -2.32. The monoisotopic (exact) mass is 438 g/mol. The van der Waals surface area contributed by atoms with Crippen molar-refractivity contribution in [3.8, 4) is 0 Å². The van der Waals surface area contributed by atoms with Crippen molar-refractivity contribution < 1.29 is 19.1 Å². The van der Waals surface area contributed by atoms with Gasteiger partial charge in [-0.05, 0) is 64.8 Å². The Kier molecular flexibility index (Phi) is 7.17. The summed E-state index contributed by atoms with van der Waals surface area (Å²) < 4.78 is 5.57. The van der Waals surface area contributed by atoms with Gasteiger partial charge in [0.05, 0.1) is 5.69 Å². The molecule has 8 heteroatoms. The average Bonchev–Trinajstić information content (AvgIpc) is 2.61. The maximum atomic E-state index is 11.9. The summed E-state index contributed by atoms with van der Waals surface area (Å²) in [6, 6.07) is 11.7. The van der Waals surface area contributed by atoms with Gasteiger partial charge in [0.25, 0.3) is 11.8 Å². The van der Waals surface area contributed by atoms with E-state index in [4.69, 9.17) is 16.3 Å². The van der Waals surface area contributed by atoms with Crippen LogP contribution >= 0.6 is 27.5 Å². The third kappa shape index (κ3) is 6.16. The molecule has 0 saturated heterocycles. The van der Waals surface area contributed by atoms with Gasteiger partial charge in [-0.2, -0.15) is 0 Å². The van der Waals surface area contributed by atoms with E-state index in [-0.39, 0.29) is 6.54 Å². The summed E-state index contributed by atoms with van der Waals surface area (Å²) in [7, 11) is 0. The molecular formula is C18H16BrClN2O4. The number of anilines is 1. The highest BCUT2D eigenvalue weighted by atomic mass is 79.9. The van der Waals surface area contributed by atoms with Gasteiger partial charge in [0.1, 0.15) is 6.54 Å². The van der Waals surface area contributed by atoms with Crippen LogP contribution < -0.4 is 10.6 Å². The van der Waals surface area contributed by atoms with Crippen molar-refractivity contribution in [1.29, 1.82) is 0 Å². The highest BCUT2D eigenvalue weighted by molar-refractivity contribution is 9.10. The largest absolute Gasteiger partial charge is 0.454 e. The number of ether oxygens (including phenoxy) is 1. The van der Waals surface area contributed by atoms with E-state index in [0.717, 1.165) is 10.0 Å². The molecule has 2 aromatic carbocycles. The van der Waals surface area contributed by atoms with E-state index in [9.17, 15) is 14.4 Å². The van der Waals surface area contributed by atoms with E-state index < -0.39 is 24.4 Å². The molecule has 0 aliphatic carbocycles. The topological polar surface area (TPSA) is 84.5 Å². The molecule has 0 aromatic heterocycles. The number of hydrogen-bond donors (Lipinski definition) is 2. The maximum absolute atomic E-state index is 11.9. The molecule has 6 nitrogen and oxygen atoms in total. The molecule has 0 atom stereocenters. The molecule has 0 bridgehead atoms. The minimum atomic E-state index is -0.717. The number of rotatable bonds is 6. The van der Waals surface area contributed by atoms with Gasteiger partial charge in [-0.1, -0.05) is 17.7 Å². The number of amides is 2. The van der Waals surface area contributed by atoms with Crippen molar-refractivity contribution in [1.82, 2.24) is 5.32 Å². The van der Waals surface area contributed by atoms with Crippen molar-refractivity contribution in [3.05, 3.63) is 63.1 Å². The van der Waals surface area contributed by atoms with Crippen molar-refractivity contribution >= 4 is 51.0 Å². The minimum Gasteiger partial charge on any atom is -0.454 e. The van der Waals surface area contributed by atoms with Gasteiger partial charge in [0.15, 0.2) is 6.61 Å². The van der Waals surface area contributed by atoms with Crippen LogP contribution in [0.4, 0.5) is 5.69 Å². The Morgan fingerprint density at radius 3 is 2.46 bits per heavy atom. The van der Waals surface area contributed by atoms with Crippen LogP contribution in [0.5, 0.6) is 0 Å². The molecule has 0 fully saturated rings. The molecule has 0 aliphatic heterocycles. The fraction of sp³-hybridized carbons (Fsp3) is 0.167. The summed E-state index contributed by atoms with van der Waals surface area (Å²) >= 11 is 9.09. The van der Waals surface area contributed by atoms with E-state index >= 15 is 0 Å². The van der Waals surface area contributed by atoms with Crippen LogP contribution in [-0.4, -0.2) is 30.9 Å². The van der Waals surface area contributed by atoms with Gasteiger partial charge in [0, 0.05) is 15.1 Å². The summed E-state index contributed by atoms with van der Waals surface area (Å²) in [5.41, 5.74) is 1.98. The Labute approximate surface area is 164 Å². The third-order valence-electron chi connectivity index (χ3n) is 3.26. The molecule has 2 N–H and O–H groups in total. The molecule has 0 saturated carbocycles. The predicted molar refractivity (Wildman–Crippen MR) is 102 cm³/mol. The molecule has 2 rings (SSSR count). The lowest BCUT2D eigenvalue weighted by Gasteiger charge is -2.09. The van der Waals surface area contributed by atoms with Crippen molar-refractivity contribution in [2.75, 3.05) is 18.5 Å². The first-order valence-corrected chi connectivity index (χ1v) is 8.77. The van der Waals surface area contributed by atoms with Crippen LogP contribution in [0.1, 0.15) is 15.9 Å². The number of halogens is 2. The molecule has 2 aromatic rings. The Morgan fingerprint density at radius 1 is 1.12 bits per heavy atom. The van der Waals surface area contributed by atoms with Crippen LogP contribution in [0.3, 0.4) is 0 Å². The Balaban J connectivity index is 1.74. The van der Waals surface area contributed by atoms with Gasteiger partial charge in [-0.15, -0.1) is 0 Å². The molecule has 0 spiro atoms. The quantitative estimate of drug-likeness (QED) is 0.676. The predicted octanol–water partition coefficient (Wildman–Crippen LogP) is 3.32. The number of nitrogens with one attached hydrogen (secondary N) is 2. The number of aryl methyl sites for hydroxylation is 1. The Bertz CT molecular complexity index is 824. The van der Waals surface area contributed by atoms with Crippen LogP contribution in [0.25, 0.3) is 0 Å². The highest BCUT2D eigenvalue weighted by Gasteiger charge is 2.12. The van der Waals surface area contributed by atoms with Gasteiger partial charge < -0.3 is 15.4 Å². The second-order valence-electron chi connectivity index (χ2n) is 5.38. The minimum absolute atomic E-state index is 0.344. The number of carbonyl (C=O) groups excluding carboxylic acids is 3. The Hall–Kier alpha value is -2.38. The maximum Gasteiger partial charge on any atom is 0.325 e. The smallest absolute Gasteiger partial charge is 0.325 e. The van der Waals surface area contributed by atoms with Crippen LogP contribution in [0.15, 0.2) is 46.9 Å². The molecule has 2 amide bonds. The van der Waals surface area contributed by atoms with E-state index in [1.807, 2.05) is 19.1 Å². The summed E-state index contributed by atoms with van der Waals surface area (Å²) in [5.74, 6) is -1.64. The zero-order chi connectivity index (χ0) is 19.1. The fourth-order valence-corrected chi connectivity index (χ4v) is 2.68. The molecule has 0 unspecified atom stereocenters. The van der Waals surface area contributed by atoms with E-state index in [1.165, 1.54) is 12.1 Å². The van der Waals surface area contributed by atoms with Crippen LogP contribution in [0, 0.1) is 6.92 Å². The number of carbonyl (C=O) groups is 3. The van der Waals surface area contributed by atoms with E-state index in [2.05, 4.69) is 26.6 Å². The first kappa shape index (κ1) is 19.9. The summed E-state index contributed by atoms with van der Waals surface area (Å²) in [6.45, 7) is 1.13. The van der Waals surface area contributed by atoms with Gasteiger partial charge in [-0.3, -0.25) is 14.4 Å². The summed E-state index contributed by atoms with van der Waals surface area (Å²) in [6.07, 6.45) is 0. The van der Waals surface area contributed by atoms with Crippen molar-refractivity contribution in [2.24, 2.45) is 0 Å². The molecular weight excluding hydrogens is 424 g/mol. The highest BCUT2D eigenvalue weighted by Crippen LogP contribution is 2.23. The zero-order valence-corrected chi connectivity index (χ0v) is 16.2. The van der Waals surface area contributed by atoms with E-state index in [0.29, 0.717) is 16.3 Å². The fourth-order valence-electron chi connectivity index (χ4n) is 1.96. The normalized spacial score (nSPS) is 10.1. The van der Waals surface area contributed by atoms with Gasteiger partial charge >= 0.3 is 5.97 Å². The number of benzene rings is 2. The standard InChI is InChI=1S/C18H16BrClN2O4/c1-11-2-7-15(14(19)8-11)22-16(23)10-26-17(24)9-21-18(25)12-3-5-13(20)6-4-12/h2-8H,9-10H2,1H3,(H,21,25)(H,22,23). The SMILES string of the molecule is Cc1ccc(NC(=O)COC(=O)CNC(=O)c2ccc(Cl)cc2)c(Br)c1. The molecule has 0 aliphatic rings. The van der Waals surface area contributed by atoms with Crippen LogP contribution in [0.2, 0.25) is 5.02 Å². The number of esters is 1. The van der Waals surface area contributed by atoms with E-state index in [1.54, 1.807) is 18.2 Å². The lowest BCUT2D eigenvalue weighted by molar-refractivity contribution is -0.146. The molecule has 0 radical (unpaired) electrons. The second-order valence-corrected chi connectivity index (χ2v) is 6.67. The average molecular weight is 440 g/mol. The number of hydrogen-bond acceptors (Lipinski definition) is 4. The molecule has 26 heavy (non-hydrogen) atoms. The summed E-state index contributed by atoms with van der Waals surface area (Å²) in [4.78, 5) is 35.3. The third-order valence-corrected chi connectivity index (χ3v) is 4.17. The molecule has 136 valence electrons. The molecule has 0 heterocycles. The first-order chi connectivity index (χ1) is 12.3. The first-order valence-electron chi connectivity index (χ1n) is 7.60. The van der Waals surface area contributed by atoms with Crippen LogP contribution in [-0.2, 0) is 14.3 Å². The van der Waals surface area contributed by atoms with Crippen molar-refractivity contribution in [2.45, 2.75) is 6.92 Å². The van der Waals surface area contributed by atoms with Gasteiger partial charge in [0.2, 0.25) is 0 Å². The zero-order valence-electron chi connectivity index (χ0n) is 13.8. The Morgan fingerprint density at radius 2 is 1.81 bits per heavy atom. The summed E-state index contributed by atoms with van der Waals surface area (Å²) in [5, 5.41) is 5.54. The second kappa shape index (κ2) is 9.35.